The normalized spacial score (nSPS) is 14.6. The average molecular weight is 345 g/mol. The van der Waals surface area contributed by atoms with E-state index in [1.807, 2.05) is 18.2 Å². The lowest BCUT2D eigenvalue weighted by atomic mass is 10.2. The highest BCUT2D eigenvalue weighted by molar-refractivity contribution is 7.80. The third-order valence-corrected chi connectivity index (χ3v) is 4.57. The minimum Gasteiger partial charge on any atom is -0.508 e. The molecule has 3 rings (SSSR count). The molecule has 126 valence electrons. The van der Waals surface area contributed by atoms with Crippen molar-refractivity contribution in [3.05, 3.63) is 53.8 Å². The molecule has 0 radical (unpaired) electrons. The molecule has 24 heavy (non-hydrogen) atoms. The molecule has 0 aliphatic carbocycles. The molecule has 1 heterocycles. The average Bonchev–Trinajstić information content (AvgIpc) is 2.59. The van der Waals surface area contributed by atoms with Gasteiger partial charge in [0.05, 0.1) is 0 Å². The number of anilines is 2. The maximum Gasteiger partial charge on any atom is 0.173 e. The molecular formula is C18H20FN3OS. The second kappa shape index (κ2) is 7.05. The molecule has 1 aliphatic rings. The van der Waals surface area contributed by atoms with Gasteiger partial charge in [0.25, 0.3) is 0 Å². The Morgan fingerprint density at radius 2 is 1.75 bits per heavy atom. The van der Waals surface area contributed by atoms with Crippen molar-refractivity contribution >= 4 is 28.7 Å². The Kier molecular flexibility index (Phi) is 4.85. The number of rotatable bonds is 2. The van der Waals surface area contributed by atoms with Crippen LogP contribution in [-0.2, 0) is 0 Å². The van der Waals surface area contributed by atoms with E-state index >= 15 is 0 Å². The van der Waals surface area contributed by atoms with E-state index in [1.54, 1.807) is 25.1 Å². The van der Waals surface area contributed by atoms with Crippen LogP contribution in [0.3, 0.4) is 0 Å². The van der Waals surface area contributed by atoms with E-state index in [2.05, 4.69) is 15.1 Å². The maximum absolute atomic E-state index is 13.6. The number of piperazine rings is 1. The molecule has 2 aromatic carbocycles. The first-order valence-corrected chi connectivity index (χ1v) is 8.30. The number of thiocarbonyl (C=S) groups is 1. The summed E-state index contributed by atoms with van der Waals surface area (Å²) in [5.74, 6) is 0.0352. The van der Waals surface area contributed by atoms with Gasteiger partial charge < -0.3 is 20.2 Å². The number of nitrogens with zero attached hydrogens (tertiary/aromatic N) is 2. The second-order valence-electron chi connectivity index (χ2n) is 5.88. The minimum absolute atomic E-state index is 0.236. The van der Waals surface area contributed by atoms with E-state index in [-0.39, 0.29) is 11.6 Å². The van der Waals surface area contributed by atoms with Gasteiger partial charge in [0.2, 0.25) is 0 Å². The summed E-state index contributed by atoms with van der Waals surface area (Å²) in [7, 11) is 0. The summed E-state index contributed by atoms with van der Waals surface area (Å²) in [6, 6.07) is 12.3. The first kappa shape index (κ1) is 16.5. The first-order valence-electron chi connectivity index (χ1n) is 7.89. The van der Waals surface area contributed by atoms with Gasteiger partial charge in [0.1, 0.15) is 11.6 Å². The smallest absolute Gasteiger partial charge is 0.173 e. The molecule has 4 nitrogen and oxygen atoms in total. The van der Waals surface area contributed by atoms with Gasteiger partial charge in [-0.25, -0.2) is 4.39 Å². The van der Waals surface area contributed by atoms with Crippen LogP contribution >= 0.6 is 12.2 Å². The fourth-order valence-corrected chi connectivity index (χ4v) is 3.00. The lowest BCUT2D eigenvalue weighted by Crippen LogP contribution is -2.50. The van der Waals surface area contributed by atoms with E-state index < -0.39 is 0 Å². The minimum atomic E-state index is -0.236. The Hall–Kier alpha value is -2.34. The highest BCUT2D eigenvalue weighted by atomic mass is 32.1. The van der Waals surface area contributed by atoms with Crippen LogP contribution in [0.5, 0.6) is 5.75 Å². The number of hydrogen-bond acceptors (Lipinski definition) is 3. The van der Waals surface area contributed by atoms with E-state index in [1.165, 1.54) is 6.07 Å². The summed E-state index contributed by atoms with van der Waals surface area (Å²) in [5.41, 5.74) is 2.38. The zero-order chi connectivity index (χ0) is 17.1. The first-order chi connectivity index (χ1) is 11.5. The molecule has 0 atom stereocenters. The number of hydrogen-bond donors (Lipinski definition) is 2. The van der Waals surface area contributed by atoms with Crippen LogP contribution < -0.4 is 10.2 Å². The molecule has 0 saturated carbocycles. The zero-order valence-corrected chi connectivity index (χ0v) is 14.3. The lowest BCUT2D eigenvalue weighted by Gasteiger charge is -2.37. The van der Waals surface area contributed by atoms with Crippen LogP contribution in [-0.4, -0.2) is 41.3 Å². The number of aryl methyl sites for hydroxylation is 1. The van der Waals surface area contributed by atoms with Crippen molar-refractivity contribution in [3.8, 4) is 5.75 Å². The molecule has 0 aromatic heterocycles. The van der Waals surface area contributed by atoms with Gasteiger partial charge in [0.15, 0.2) is 5.11 Å². The number of phenols is 1. The highest BCUT2D eigenvalue weighted by Gasteiger charge is 2.19. The number of nitrogens with one attached hydrogen (secondary N) is 1. The topological polar surface area (TPSA) is 38.7 Å². The molecule has 6 heteroatoms. The third kappa shape index (κ3) is 3.76. The molecule has 1 aliphatic heterocycles. The Labute approximate surface area is 146 Å². The Balaban J connectivity index is 1.56. The molecular weight excluding hydrogens is 325 g/mol. The number of halogens is 1. The number of aromatic hydroxyl groups is 1. The van der Waals surface area contributed by atoms with Gasteiger partial charge in [-0.2, -0.15) is 0 Å². The Morgan fingerprint density at radius 3 is 2.38 bits per heavy atom. The Bertz CT molecular complexity index is 728. The van der Waals surface area contributed by atoms with Crippen molar-refractivity contribution < 1.29 is 9.50 Å². The van der Waals surface area contributed by atoms with E-state index in [0.29, 0.717) is 16.4 Å². The molecule has 2 N–H and O–H groups in total. The lowest BCUT2D eigenvalue weighted by molar-refractivity contribution is 0.391. The van der Waals surface area contributed by atoms with Crippen molar-refractivity contribution in [1.29, 1.82) is 0 Å². The van der Waals surface area contributed by atoms with Gasteiger partial charge in [0, 0.05) is 37.6 Å². The molecule has 0 unspecified atom stereocenters. The van der Waals surface area contributed by atoms with Gasteiger partial charge in [-0.15, -0.1) is 0 Å². The summed E-state index contributed by atoms with van der Waals surface area (Å²) in [6.45, 7) is 5.01. The van der Waals surface area contributed by atoms with Crippen molar-refractivity contribution in [2.45, 2.75) is 6.92 Å². The fourth-order valence-electron chi connectivity index (χ4n) is 2.70. The fraction of sp³-hybridized carbons (Fsp3) is 0.278. The van der Waals surface area contributed by atoms with Crippen LogP contribution in [0.4, 0.5) is 15.8 Å². The SMILES string of the molecule is Cc1ccc(NC(=S)N2CCN(c3ccc(O)cc3)CC2)cc1F. The monoisotopic (exact) mass is 345 g/mol. The molecule has 0 spiro atoms. The van der Waals surface area contributed by atoms with Crippen LogP contribution in [0.25, 0.3) is 0 Å². The van der Waals surface area contributed by atoms with Gasteiger partial charge in [-0.1, -0.05) is 6.07 Å². The van der Waals surface area contributed by atoms with E-state index in [0.717, 1.165) is 31.9 Å². The van der Waals surface area contributed by atoms with E-state index in [4.69, 9.17) is 12.2 Å². The number of phenolic OH excluding ortho intramolecular Hbond substituents is 1. The van der Waals surface area contributed by atoms with Crippen molar-refractivity contribution in [3.63, 3.8) is 0 Å². The van der Waals surface area contributed by atoms with Crippen LogP contribution in [0.1, 0.15) is 5.56 Å². The van der Waals surface area contributed by atoms with Crippen LogP contribution in [0.2, 0.25) is 0 Å². The standard InChI is InChI=1S/C18H20FN3OS/c1-13-2-3-14(12-17(13)19)20-18(24)22-10-8-21(9-11-22)15-4-6-16(23)7-5-15/h2-7,12,23H,8-11H2,1H3,(H,20,24). The quantitative estimate of drug-likeness (QED) is 0.817. The summed E-state index contributed by atoms with van der Waals surface area (Å²) < 4.78 is 13.6. The summed E-state index contributed by atoms with van der Waals surface area (Å²) in [6.07, 6.45) is 0. The van der Waals surface area contributed by atoms with Crippen molar-refractivity contribution in [1.82, 2.24) is 4.90 Å². The summed E-state index contributed by atoms with van der Waals surface area (Å²) >= 11 is 5.45. The van der Waals surface area contributed by atoms with Gasteiger partial charge in [-0.3, -0.25) is 0 Å². The van der Waals surface area contributed by atoms with Gasteiger partial charge >= 0.3 is 0 Å². The predicted molar refractivity (Wildman–Crippen MR) is 99.3 cm³/mol. The molecule has 1 fully saturated rings. The largest absolute Gasteiger partial charge is 0.508 e. The molecule has 1 saturated heterocycles. The number of benzene rings is 2. The highest BCUT2D eigenvalue weighted by Crippen LogP contribution is 2.20. The maximum atomic E-state index is 13.6. The van der Waals surface area contributed by atoms with Crippen molar-refractivity contribution in [2.24, 2.45) is 0 Å². The third-order valence-electron chi connectivity index (χ3n) is 4.20. The molecule has 0 bridgehead atoms. The van der Waals surface area contributed by atoms with Crippen LogP contribution in [0, 0.1) is 12.7 Å². The molecule has 0 amide bonds. The van der Waals surface area contributed by atoms with Crippen molar-refractivity contribution in [2.75, 3.05) is 36.4 Å². The second-order valence-corrected chi connectivity index (χ2v) is 6.27. The van der Waals surface area contributed by atoms with E-state index in [9.17, 15) is 9.50 Å². The molecule has 2 aromatic rings. The summed E-state index contributed by atoms with van der Waals surface area (Å²) in [4.78, 5) is 4.34. The zero-order valence-electron chi connectivity index (χ0n) is 13.5. The van der Waals surface area contributed by atoms with Crippen LogP contribution in [0.15, 0.2) is 42.5 Å². The van der Waals surface area contributed by atoms with Gasteiger partial charge in [-0.05, 0) is 61.1 Å². The predicted octanol–water partition coefficient (Wildman–Crippen LogP) is 3.36. The summed E-state index contributed by atoms with van der Waals surface area (Å²) in [5, 5.41) is 13.1. The Morgan fingerprint density at radius 1 is 1.08 bits per heavy atom.